The normalized spacial score (nSPS) is 10.3. The fraction of sp³-hybridized carbons (Fsp3) is 0.0769. The van der Waals surface area contributed by atoms with Crippen molar-refractivity contribution in [2.45, 2.75) is 6.92 Å². The molecule has 0 unspecified atom stereocenters. The lowest BCUT2D eigenvalue weighted by Crippen LogP contribution is -2.10. The molecule has 1 aromatic carbocycles. The van der Waals surface area contributed by atoms with Gasteiger partial charge in [0.25, 0.3) is 0 Å². The van der Waals surface area contributed by atoms with Gasteiger partial charge in [-0.25, -0.2) is 9.37 Å². The van der Waals surface area contributed by atoms with E-state index in [9.17, 15) is 4.39 Å². The van der Waals surface area contributed by atoms with Crippen LogP contribution in [0.25, 0.3) is 0 Å². The van der Waals surface area contributed by atoms with E-state index in [0.717, 1.165) is 0 Å². The zero-order valence-electron chi connectivity index (χ0n) is 9.98. The standard InChI is InChI=1S/C13H10ClFN2OS/c1-7-4-8(13(16)19)5-12(17-7)18-9-2-3-11(15)10(14)6-9/h2-6H,1H3,(H2,16,19). The molecule has 3 nitrogen and oxygen atoms in total. The summed E-state index contributed by atoms with van der Waals surface area (Å²) >= 11 is 10.6. The number of rotatable bonds is 3. The molecule has 0 bridgehead atoms. The van der Waals surface area contributed by atoms with Crippen LogP contribution in [0.15, 0.2) is 30.3 Å². The van der Waals surface area contributed by atoms with E-state index in [1.54, 1.807) is 19.1 Å². The van der Waals surface area contributed by atoms with Crippen LogP contribution >= 0.6 is 23.8 Å². The first-order chi connectivity index (χ1) is 8.95. The summed E-state index contributed by atoms with van der Waals surface area (Å²) in [7, 11) is 0. The van der Waals surface area contributed by atoms with Crippen molar-refractivity contribution in [1.29, 1.82) is 0 Å². The summed E-state index contributed by atoms with van der Waals surface area (Å²) in [5, 5.41) is -0.0141. The van der Waals surface area contributed by atoms with Crippen LogP contribution in [-0.2, 0) is 0 Å². The Hall–Kier alpha value is -1.72. The average molecular weight is 297 g/mol. The largest absolute Gasteiger partial charge is 0.439 e. The maximum atomic E-state index is 13.0. The van der Waals surface area contributed by atoms with Gasteiger partial charge < -0.3 is 10.5 Å². The summed E-state index contributed by atoms with van der Waals surface area (Å²) in [5.41, 5.74) is 6.94. The molecule has 0 aliphatic rings. The van der Waals surface area contributed by atoms with Gasteiger partial charge in [0, 0.05) is 23.4 Å². The van der Waals surface area contributed by atoms with Gasteiger partial charge in [-0.15, -0.1) is 0 Å². The molecule has 0 aliphatic carbocycles. The molecule has 19 heavy (non-hydrogen) atoms. The molecule has 0 saturated heterocycles. The second-order valence-electron chi connectivity index (χ2n) is 3.88. The van der Waals surface area contributed by atoms with Crippen molar-refractivity contribution in [2.75, 3.05) is 0 Å². The van der Waals surface area contributed by atoms with E-state index >= 15 is 0 Å². The highest BCUT2D eigenvalue weighted by atomic mass is 35.5. The van der Waals surface area contributed by atoms with Gasteiger partial charge in [0.15, 0.2) is 0 Å². The number of nitrogens with two attached hydrogens (primary N) is 1. The van der Waals surface area contributed by atoms with Gasteiger partial charge in [-0.05, 0) is 25.1 Å². The predicted octanol–water partition coefficient (Wildman–Crippen LogP) is 3.61. The first kappa shape index (κ1) is 13.7. The highest BCUT2D eigenvalue weighted by molar-refractivity contribution is 7.80. The molecule has 0 saturated carbocycles. The lowest BCUT2D eigenvalue weighted by molar-refractivity contribution is 0.460. The van der Waals surface area contributed by atoms with Gasteiger partial charge in [-0.2, -0.15) is 0 Å². The van der Waals surface area contributed by atoms with Crippen LogP contribution in [0, 0.1) is 12.7 Å². The van der Waals surface area contributed by atoms with E-state index in [4.69, 9.17) is 34.3 Å². The number of hydrogen-bond donors (Lipinski definition) is 1. The zero-order chi connectivity index (χ0) is 14.0. The van der Waals surface area contributed by atoms with Crippen LogP contribution in [0.1, 0.15) is 11.3 Å². The second-order valence-corrected chi connectivity index (χ2v) is 4.72. The number of ether oxygens (including phenoxy) is 1. The third-order valence-electron chi connectivity index (χ3n) is 2.33. The Morgan fingerprint density at radius 2 is 2.11 bits per heavy atom. The first-order valence-electron chi connectivity index (χ1n) is 5.37. The highest BCUT2D eigenvalue weighted by Crippen LogP contribution is 2.25. The molecule has 98 valence electrons. The van der Waals surface area contributed by atoms with Crippen molar-refractivity contribution in [2.24, 2.45) is 5.73 Å². The molecular weight excluding hydrogens is 287 g/mol. The van der Waals surface area contributed by atoms with Crippen LogP contribution in [0.3, 0.4) is 0 Å². The Bertz CT molecular complexity index is 649. The number of pyridine rings is 1. The number of aromatic nitrogens is 1. The predicted molar refractivity (Wildman–Crippen MR) is 76.3 cm³/mol. The molecule has 2 rings (SSSR count). The average Bonchev–Trinajstić information content (AvgIpc) is 2.33. The van der Waals surface area contributed by atoms with Crippen LogP contribution in [0.4, 0.5) is 4.39 Å². The minimum atomic E-state index is -0.505. The Labute approximate surface area is 120 Å². The van der Waals surface area contributed by atoms with E-state index in [0.29, 0.717) is 22.9 Å². The van der Waals surface area contributed by atoms with Crippen LogP contribution in [-0.4, -0.2) is 9.97 Å². The Kier molecular flexibility index (Phi) is 3.97. The molecule has 0 radical (unpaired) electrons. The van der Waals surface area contributed by atoms with Crippen molar-refractivity contribution in [3.63, 3.8) is 0 Å². The van der Waals surface area contributed by atoms with E-state index in [2.05, 4.69) is 4.98 Å². The summed E-state index contributed by atoms with van der Waals surface area (Å²) in [4.78, 5) is 4.45. The van der Waals surface area contributed by atoms with Crippen LogP contribution in [0.2, 0.25) is 5.02 Å². The Morgan fingerprint density at radius 3 is 2.74 bits per heavy atom. The van der Waals surface area contributed by atoms with E-state index in [1.165, 1.54) is 18.2 Å². The maximum Gasteiger partial charge on any atom is 0.220 e. The van der Waals surface area contributed by atoms with E-state index < -0.39 is 5.82 Å². The minimum absolute atomic E-state index is 0.0141. The molecular formula is C13H10ClFN2OS. The van der Waals surface area contributed by atoms with Gasteiger partial charge in [-0.1, -0.05) is 23.8 Å². The second kappa shape index (κ2) is 5.50. The summed E-state index contributed by atoms with van der Waals surface area (Å²) in [6, 6.07) is 7.44. The molecule has 0 spiro atoms. The number of halogens is 2. The number of nitrogens with zero attached hydrogens (tertiary/aromatic N) is 1. The minimum Gasteiger partial charge on any atom is -0.439 e. The molecule has 0 amide bonds. The Balaban J connectivity index is 2.32. The van der Waals surface area contributed by atoms with Gasteiger partial charge >= 0.3 is 0 Å². The van der Waals surface area contributed by atoms with Crippen molar-refractivity contribution < 1.29 is 9.13 Å². The third-order valence-corrected chi connectivity index (χ3v) is 2.85. The number of hydrogen-bond acceptors (Lipinski definition) is 3. The quantitative estimate of drug-likeness (QED) is 0.879. The van der Waals surface area contributed by atoms with Crippen molar-refractivity contribution in [3.05, 3.63) is 52.4 Å². The van der Waals surface area contributed by atoms with Crippen molar-refractivity contribution in [1.82, 2.24) is 4.98 Å². The number of thiocarbonyl (C=S) groups is 1. The number of benzene rings is 1. The first-order valence-corrected chi connectivity index (χ1v) is 6.16. The molecule has 0 aliphatic heterocycles. The molecule has 2 N–H and O–H groups in total. The summed E-state index contributed by atoms with van der Waals surface area (Å²) in [6.45, 7) is 1.80. The molecule has 0 atom stereocenters. The van der Waals surface area contributed by atoms with Crippen LogP contribution in [0.5, 0.6) is 11.6 Å². The maximum absolute atomic E-state index is 13.0. The van der Waals surface area contributed by atoms with E-state index in [-0.39, 0.29) is 10.0 Å². The summed E-state index contributed by atoms with van der Waals surface area (Å²) in [5.74, 6) is 0.207. The Morgan fingerprint density at radius 1 is 1.37 bits per heavy atom. The van der Waals surface area contributed by atoms with Crippen molar-refractivity contribution >= 4 is 28.8 Å². The molecule has 1 aromatic heterocycles. The highest BCUT2D eigenvalue weighted by Gasteiger charge is 2.07. The SMILES string of the molecule is Cc1cc(C(N)=S)cc(Oc2ccc(F)c(Cl)c2)n1. The molecule has 6 heteroatoms. The topological polar surface area (TPSA) is 48.1 Å². The third kappa shape index (κ3) is 3.39. The van der Waals surface area contributed by atoms with E-state index in [1.807, 2.05) is 0 Å². The number of aryl methyl sites for hydroxylation is 1. The monoisotopic (exact) mass is 296 g/mol. The van der Waals surface area contributed by atoms with Gasteiger partial charge in [0.05, 0.1) is 5.02 Å². The van der Waals surface area contributed by atoms with Gasteiger partial charge in [0.2, 0.25) is 5.88 Å². The lowest BCUT2D eigenvalue weighted by Gasteiger charge is -2.08. The van der Waals surface area contributed by atoms with Crippen LogP contribution < -0.4 is 10.5 Å². The summed E-state index contributed by atoms with van der Waals surface area (Å²) < 4.78 is 18.5. The smallest absolute Gasteiger partial charge is 0.220 e. The van der Waals surface area contributed by atoms with Crippen molar-refractivity contribution in [3.8, 4) is 11.6 Å². The fourth-order valence-corrected chi connectivity index (χ4v) is 1.78. The molecule has 2 aromatic rings. The molecule has 1 heterocycles. The molecule has 0 fully saturated rings. The lowest BCUT2D eigenvalue weighted by atomic mass is 10.2. The van der Waals surface area contributed by atoms with Gasteiger partial charge in [-0.3, -0.25) is 0 Å². The summed E-state index contributed by atoms with van der Waals surface area (Å²) in [6.07, 6.45) is 0. The zero-order valence-corrected chi connectivity index (χ0v) is 11.6. The van der Waals surface area contributed by atoms with Gasteiger partial charge in [0.1, 0.15) is 16.6 Å². The fourth-order valence-electron chi connectivity index (χ4n) is 1.49.